The van der Waals surface area contributed by atoms with Crippen LogP contribution in [0, 0.1) is 17.3 Å². The van der Waals surface area contributed by atoms with Gasteiger partial charge in [0.25, 0.3) is 0 Å². The zero-order valence-electron chi connectivity index (χ0n) is 30.7. The van der Waals surface area contributed by atoms with Gasteiger partial charge in [-0.1, -0.05) is 177 Å². The molecule has 0 aliphatic heterocycles. The van der Waals surface area contributed by atoms with Gasteiger partial charge in [-0.3, -0.25) is 0 Å². The molecule has 0 bridgehead atoms. The van der Waals surface area contributed by atoms with E-state index >= 15 is 0 Å². The van der Waals surface area contributed by atoms with Crippen LogP contribution in [0.25, 0.3) is 34.4 Å². The van der Waals surface area contributed by atoms with Crippen molar-refractivity contribution in [1.29, 1.82) is 0 Å². The molecule has 0 saturated carbocycles. The van der Waals surface area contributed by atoms with Gasteiger partial charge in [0, 0.05) is 5.41 Å². The lowest BCUT2D eigenvalue weighted by Crippen LogP contribution is -2.30. The van der Waals surface area contributed by atoms with Gasteiger partial charge in [0.1, 0.15) is 0 Å². The van der Waals surface area contributed by atoms with Crippen molar-refractivity contribution < 1.29 is 0 Å². The summed E-state index contributed by atoms with van der Waals surface area (Å²) in [6.07, 6.45) is 9.67. The van der Waals surface area contributed by atoms with E-state index in [0.717, 1.165) is 12.8 Å². The molecule has 47 heavy (non-hydrogen) atoms. The van der Waals surface area contributed by atoms with E-state index in [4.69, 9.17) is 0 Å². The van der Waals surface area contributed by atoms with Crippen molar-refractivity contribution in [2.75, 3.05) is 0 Å². The highest BCUT2D eigenvalue weighted by molar-refractivity contribution is 5.85. The van der Waals surface area contributed by atoms with Gasteiger partial charge in [-0.2, -0.15) is 0 Å². The van der Waals surface area contributed by atoms with Crippen LogP contribution in [-0.2, 0) is 23.7 Å². The lowest BCUT2D eigenvalue weighted by molar-refractivity contribution is 0.273. The van der Waals surface area contributed by atoms with Crippen LogP contribution in [0.1, 0.15) is 115 Å². The molecular weight excluding hydrogens is 565 g/mol. The van der Waals surface area contributed by atoms with Crippen LogP contribution in [0.15, 0.2) is 96.1 Å². The van der Waals surface area contributed by atoms with Crippen LogP contribution in [0.5, 0.6) is 0 Å². The van der Waals surface area contributed by atoms with Gasteiger partial charge in [-0.05, 0) is 104 Å². The summed E-state index contributed by atoms with van der Waals surface area (Å²) in [5.74, 6) is 1.18. The predicted octanol–water partition coefficient (Wildman–Crippen LogP) is 13.3. The van der Waals surface area contributed by atoms with Gasteiger partial charge in [-0.25, -0.2) is 0 Å². The molecule has 0 unspecified atom stereocenters. The van der Waals surface area contributed by atoms with Crippen molar-refractivity contribution in [2.24, 2.45) is 17.3 Å². The van der Waals surface area contributed by atoms with Crippen LogP contribution in [0.3, 0.4) is 0 Å². The number of hydrogen-bond acceptors (Lipinski definition) is 0. The van der Waals surface area contributed by atoms with E-state index < -0.39 is 0 Å². The Hall–Kier alpha value is -3.64. The summed E-state index contributed by atoms with van der Waals surface area (Å²) in [6, 6.07) is 32.5. The average Bonchev–Trinajstić information content (AvgIpc) is 3.65. The fourth-order valence-corrected chi connectivity index (χ4v) is 8.37. The van der Waals surface area contributed by atoms with Crippen molar-refractivity contribution in [3.63, 3.8) is 0 Å². The first kappa shape index (κ1) is 33.3. The third kappa shape index (κ3) is 6.59. The third-order valence-electron chi connectivity index (χ3n) is 10.6. The first-order valence-electron chi connectivity index (χ1n) is 18.0. The van der Waals surface area contributed by atoms with Crippen molar-refractivity contribution >= 4 is 12.2 Å². The molecule has 2 aliphatic rings. The lowest BCUT2D eigenvalue weighted by Gasteiger charge is -2.40. The van der Waals surface area contributed by atoms with E-state index in [9.17, 15) is 0 Å². The van der Waals surface area contributed by atoms with Crippen LogP contribution < -0.4 is 0 Å². The summed E-state index contributed by atoms with van der Waals surface area (Å²) in [7, 11) is 0. The van der Waals surface area contributed by atoms with Gasteiger partial charge in [0.05, 0.1) is 0 Å². The summed E-state index contributed by atoms with van der Waals surface area (Å²) in [6.45, 7) is 23.6. The predicted molar refractivity (Wildman–Crippen MR) is 206 cm³/mol. The van der Waals surface area contributed by atoms with Crippen LogP contribution in [-0.4, -0.2) is 0 Å². The Kier molecular flexibility index (Phi) is 8.80. The summed E-state index contributed by atoms with van der Waals surface area (Å²) >= 11 is 0. The van der Waals surface area contributed by atoms with E-state index in [-0.39, 0.29) is 16.2 Å². The number of hydrogen-bond donors (Lipinski definition) is 0. The standard InChI is InChI=1S/C47H56/c1-31(2)29-47(30-32(3)4,39-25-35-17-13-21-41(43(35)27-39)33-15-11-19-37(23-33)45(5,6)7)40-26-36-18-14-22-42(44(36)28-40)34-16-12-20-38(24-34)46(8,9)10/h11-24,27-28,31-32H,25-26,29-30H2,1-10H3. The van der Waals surface area contributed by atoms with E-state index in [2.05, 4.69) is 166 Å². The smallest absolute Gasteiger partial charge is 0.0139 e. The minimum atomic E-state index is 0.0232. The van der Waals surface area contributed by atoms with Gasteiger partial charge < -0.3 is 0 Å². The van der Waals surface area contributed by atoms with E-state index in [0.29, 0.717) is 11.8 Å². The second-order valence-corrected chi connectivity index (χ2v) is 17.4. The quantitative estimate of drug-likeness (QED) is 0.184. The second kappa shape index (κ2) is 12.4. The third-order valence-corrected chi connectivity index (χ3v) is 10.6. The molecule has 0 fully saturated rings. The van der Waals surface area contributed by atoms with Crippen LogP contribution >= 0.6 is 0 Å². The minimum Gasteiger partial charge on any atom is -0.0627 e. The molecule has 0 nitrogen and oxygen atoms in total. The molecule has 0 N–H and O–H groups in total. The Bertz CT molecular complexity index is 1700. The normalized spacial score (nSPS) is 14.8. The Labute approximate surface area is 286 Å². The summed E-state index contributed by atoms with van der Waals surface area (Å²) in [5, 5.41) is 0. The van der Waals surface area contributed by atoms with Gasteiger partial charge in [0.2, 0.25) is 0 Å². The molecule has 4 aromatic carbocycles. The Balaban J connectivity index is 1.48. The maximum Gasteiger partial charge on any atom is 0.0139 e. The largest absolute Gasteiger partial charge is 0.0627 e. The summed E-state index contributed by atoms with van der Waals surface area (Å²) < 4.78 is 0. The van der Waals surface area contributed by atoms with Crippen molar-refractivity contribution in [3.8, 4) is 22.3 Å². The topological polar surface area (TPSA) is 0 Å². The molecular formula is C47H56. The first-order chi connectivity index (χ1) is 22.2. The Morgan fingerprint density at radius 2 is 0.894 bits per heavy atom. The van der Waals surface area contributed by atoms with Crippen LogP contribution in [0.2, 0.25) is 0 Å². The van der Waals surface area contributed by atoms with E-state index in [1.807, 2.05) is 0 Å². The molecule has 2 aliphatic carbocycles. The SMILES string of the molecule is CC(C)CC(CC(C)C)(C1=Cc2c(cccc2-c2cccc(C(C)(C)C)c2)C1)C1=Cc2c(cccc2-c2cccc(C(C)(C)C)c2)C1. The monoisotopic (exact) mass is 620 g/mol. The maximum absolute atomic E-state index is 2.62. The number of allylic oxidation sites excluding steroid dienone is 2. The zero-order valence-corrected chi connectivity index (χ0v) is 30.7. The Morgan fingerprint density at radius 3 is 1.26 bits per heavy atom. The Morgan fingerprint density at radius 1 is 0.511 bits per heavy atom. The number of rotatable bonds is 8. The molecule has 0 heteroatoms. The molecule has 6 rings (SSSR count). The zero-order chi connectivity index (χ0) is 33.7. The lowest BCUT2D eigenvalue weighted by atomic mass is 9.63. The molecule has 0 saturated heterocycles. The highest BCUT2D eigenvalue weighted by Crippen LogP contribution is 2.55. The van der Waals surface area contributed by atoms with Gasteiger partial charge in [-0.15, -0.1) is 0 Å². The highest BCUT2D eigenvalue weighted by Gasteiger charge is 2.42. The molecule has 0 heterocycles. The molecule has 0 amide bonds. The summed E-state index contributed by atoms with van der Waals surface area (Å²) in [5.41, 5.74) is 17.5. The molecule has 244 valence electrons. The fraction of sp³-hybridized carbons (Fsp3) is 0.404. The fourth-order valence-electron chi connectivity index (χ4n) is 8.37. The summed E-state index contributed by atoms with van der Waals surface area (Å²) in [4.78, 5) is 0. The maximum atomic E-state index is 2.62. The van der Waals surface area contributed by atoms with Gasteiger partial charge >= 0.3 is 0 Å². The van der Waals surface area contributed by atoms with E-state index in [1.54, 1.807) is 11.1 Å². The van der Waals surface area contributed by atoms with Crippen molar-refractivity contribution in [3.05, 3.63) is 129 Å². The molecule has 0 spiro atoms. The first-order valence-corrected chi connectivity index (χ1v) is 18.0. The van der Waals surface area contributed by atoms with Crippen molar-refractivity contribution in [2.45, 2.75) is 106 Å². The highest BCUT2D eigenvalue weighted by atomic mass is 14.5. The molecule has 0 radical (unpaired) electrons. The van der Waals surface area contributed by atoms with E-state index in [1.165, 1.54) is 68.5 Å². The molecule has 0 aromatic heterocycles. The number of benzene rings is 4. The van der Waals surface area contributed by atoms with Crippen molar-refractivity contribution in [1.82, 2.24) is 0 Å². The second-order valence-electron chi connectivity index (χ2n) is 17.4. The molecule has 4 aromatic rings. The van der Waals surface area contributed by atoms with Crippen LogP contribution in [0.4, 0.5) is 0 Å². The minimum absolute atomic E-state index is 0.0232. The average molecular weight is 621 g/mol. The number of fused-ring (bicyclic) bond motifs is 2. The molecule has 0 atom stereocenters. The van der Waals surface area contributed by atoms with Gasteiger partial charge in [0.15, 0.2) is 0 Å².